The summed E-state index contributed by atoms with van der Waals surface area (Å²) in [4.78, 5) is 21.4. The van der Waals surface area contributed by atoms with Gasteiger partial charge in [-0.3, -0.25) is 9.69 Å². The highest BCUT2D eigenvalue weighted by Crippen LogP contribution is 2.19. The largest absolute Gasteiger partial charge is 0.354 e. The van der Waals surface area contributed by atoms with Crippen LogP contribution in [0.4, 0.5) is 16.0 Å². The van der Waals surface area contributed by atoms with E-state index in [1.807, 2.05) is 19.1 Å². The van der Waals surface area contributed by atoms with Gasteiger partial charge in [-0.2, -0.15) is 5.10 Å². The number of hydrogen-bond acceptors (Lipinski definition) is 5. The summed E-state index contributed by atoms with van der Waals surface area (Å²) in [6, 6.07) is 11.8. The Morgan fingerprint density at radius 1 is 1.13 bits per heavy atom. The van der Waals surface area contributed by atoms with E-state index in [4.69, 9.17) is 0 Å². The first-order chi connectivity index (χ1) is 14.5. The molecule has 1 N–H and O–H groups in total. The number of nitrogens with one attached hydrogen (secondary N) is 1. The van der Waals surface area contributed by atoms with E-state index in [0.717, 1.165) is 42.2 Å². The van der Waals surface area contributed by atoms with Crippen LogP contribution in [0.1, 0.15) is 5.69 Å². The number of halogens is 2. The van der Waals surface area contributed by atoms with Crippen LogP contribution in [0.2, 0.25) is 0 Å². The normalized spacial score (nSPS) is 14.7. The molecule has 1 amide bonds. The van der Waals surface area contributed by atoms with Gasteiger partial charge in [0.2, 0.25) is 5.91 Å². The first kappa shape index (κ1) is 20.5. The lowest BCUT2D eigenvalue weighted by molar-refractivity contribution is -0.117. The molecule has 30 heavy (non-hydrogen) atoms. The Labute approximate surface area is 182 Å². The second-order valence-electron chi connectivity index (χ2n) is 7.21. The van der Waals surface area contributed by atoms with E-state index in [9.17, 15) is 9.18 Å². The predicted octanol–water partition coefficient (Wildman–Crippen LogP) is 3.24. The van der Waals surface area contributed by atoms with E-state index in [1.165, 1.54) is 12.1 Å². The minimum atomic E-state index is -0.314. The van der Waals surface area contributed by atoms with Crippen molar-refractivity contribution in [1.29, 1.82) is 0 Å². The Balaban J connectivity index is 1.35. The maximum atomic E-state index is 13.2. The molecule has 3 heterocycles. The van der Waals surface area contributed by atoms with Gasteiger partial charge in [-0.25, -0.2) is 14.1 Å². The zero-order valence-corrected chi connectivity index (χ0v) is 18.1. The van der Waals surface area contributed by atoms with Crippen LogP contribution in [-0.2, 0) is 4.79 Å². The van der Waals surface area contributed by atoms with Crippen LogP contribution in [-0.4, -0.2) is 58.3 Å². The predicted molar refractivity (Wildman–Crippen MR) is 117 cm³/mol. The van der Waals surface area contributed by atoms with Crippen LogP contribution in [0, 0.1) is 12.7 Å². The summed E-state index contributed by atoms with van der Waals surface area (Å²) < 4.78 is 15.8. The van der Waals surface area contributed by atoms with E-state index in [-0.39, 0.29) is 11.7 Å². The van der Waals surface area contributed by atoms with Gasteiger partial charge in [0.1, 0.15) is 17.5 Å². The van der Waals surface area contributed by atoms with Crippen molar-refractivity contribution in [3.05, 3.63) is 64.6 Å². The molecule has 0 atom stereocenters. The molecule has 3 aromatic rings. The van der Waals surface area contributed by atoms with E-state index >= 15 is 0 Å². The smallest absolute Gasteiger partial charge is 0.239 e. The number of aromatic nitrogens is 3. The van der Waals surface area contributed by atoms with Crippen molar-refractivity contribution in [2.45, 2.75) is 6.92 Å². The highest BCUT2D eigenvalue weighted by Gasteiger charge is 2.20. The molecule has 1 saturated heterocycles. The maximum Gasteiger partial charge on any atom is 0.239 e. The number of aryl methyl sites for hydroxylation is 1. The number of rotatable bonds is 5. The van der Waals surface area contributed by atoms with Crippen LogP contribution in [0.25, 0.3) is 5.69 Å². The lowest BCUT2D eigenvalue weighted by Crippen LogP contribution is -2.49. The molecule has 2 aromatic heterocycles. The molecule has 4 rings (SSSR count). The second kappa shape index (κ2) is 8.93. The summed E-state index contributed by atoms with van der Waals surface area (Å²) >= 11 is 3.40. The van der Waals surface area contributed by atoms with E-state index < -0.39 is 0 Å². The molecule has 1 aliphatic rings. The molecular formula is C21H22BrFN6O. The Morgan fingerprint density at radius 3 is 2.53 bits per heavy atom. The molecule has 1 aromatic carbocycles. The third-order valence-electron chi connectivity index (χ3n) is 4.95. The molecule has 0 saturated carbocycles. The van der Waals surface area contributed by atoms with E-state index in [2.05, 4.69) is 41.1 Å². The first-order valence-corrected chi connectivity index (χ1v) is 10.5. The molecule has 0 spiro atoms. The number of pyridine rings is 1. The fraction of sp³-hybridized carbons (Fsp3) is 0.286. The highest BCUT2D eigenvalue weighted by atomic mass is 79.9. The number of anilines is 2. The van der Waals surface area contributed by atoms with Crippen molar-refractivity contribution in [2.24, 2.45) is 0 Å². The zero-order valence-electron chi connectivity index (χ0n) is 16.6. The summed E-state index contributed by atoms with van der Waals surface area (Å²) in [5.41, 5.74) is 1.46. The number of nitrogens with zero attached hydrogens (tertiary/aromatic N) is 5. The average molecular weight is 473 g/mol. The van der Waals surface area contributed by atoms with Crippen LogP contribution in [0.3, 0.4) is 0 Å². The van der Waals surface area contributed by atoms with Crippen LogP contribution >= 0.6 is 15.9 Å². The van der Waals surface area contributed by atoms with Gasteiger partial charge in [-0.15, -0.1) is 0 Å². The van der Waals surface area contributed by atoms with Crippen LogP contribution in [0.5, 0.6) is 0 Å². The van der Waals surface area contributed by atoms with E-state index in [0.29, 0.717) is 18.1 Å². The molecule has 7 nitrogen and oxygen atoms in total. The molecule has 0 bridgehead atoms. The first-order valence-electron chi connectivity index (χ1n) is 9.69. The third-order valence-corrected chi connectivity index (χ3v) is 5.41. The van der Waals surface area contributed by atoms with Gasteiger partial charge in [0.15, 0.2) is 0 Å². The van der Waals surface area contributed by atoms with Crippen molar-refractivity contribution in [1.82, 2.24) is 19.7 Å². The molecule has 0 aliphatic carbocycles. The van der Waals surface area contributed by atoms with E-state index in [1.54, 1.807) is 29.1 Å². The summed E-state index contributed by atoms with van der Waals surface area (Å²) in [6.07, 6.45) is 1.79. The van der Waals surface area contributed by atoms with Gasteiger partial charge in [-0.05, 0) is 59.3 Å². The lowest BCUT2D eigenvalue weighted by Gasteiger charge is -2.35. The second-order valence-corrected chi connectivity index (χ2v) is 8.12. The monoisotopic (exact) mass is 472 g/mol. The molecule has 156 valence electrons. The Kier molecular flexibility index (Phi) is 6.10. The molecule has 1 fully saturated rings. The topological polar surface area (TPSA) is 66.3 Å². The minimum absolute atomic E-state index is 0.103. The Bertz CT molecular complexity index is 1010. The summed E-state index contributed by atoms with van der Waals surface area (Å²) in [5.74, 6) is 1.10. The van der Waals surface area contributed by atoms with Crippen molar-refractivity contribution >= 4 is 33.5 Å². The lowest BCUT2D eigenvalue weighted by atomic mass is 10.3. The standard InChI is InChI=1S/C21H22BrFN6O/c1-15-12-20(29(26-15)18-5-3-17(23)4-6-18)25-21(30)14-27-8-10-28(11-9-27)19-7-2-16(22)13-24-19/h2-7,12-13H,8-11,14H2,1H3,(H,25,30). The van der Waals surface area contributed by atoms with Crippen molar-refractivity contribution in [2.75, 3.05) is 42.9 Å². The summed E-state index contributed by atoms with van der Waals surface area (Å²) in [7, 11) is 0. The number of amides is 1. The van der Waals surface area contributed by atoms with Crippen LogP contribution < -0.4 is 10.2 Å². The number of benzene rings is 1. The van der Waals surface area contributed by atoms with Gasteiger partial charge in [0, 0.05) is 42.9 Å². The zero-order chi connectivity index (χ0) is 21.1. The van der Waals surface area contributed by atoms with Gasteiger partial charge >= 0.3 is 0 Å². The Morgan fingerprint density at radius 2 is 1.87 bits per heavy atom. The fourth-order valence-corrected chi connectivity index (χ4v) is 3.68. The van der Waals surface area contributed by atoms with Crippen LogP contribution in [0.15, 0.2) is 53.1 Å². The molecular weight excluding hydrogens is 451 g/mol. The van der Waals surface area contributed by atoms with Crippen molar-refractivity contribution in [3.8, 4) is 5.69 Å². The quantitative estimate of drug-likeness (QED) is 0.617. The molecule has 0 radical (unpaired) electrons. The number of piperazine rings is 1. The highest BCUT2D eigenvalue weighted by molar-refractivity contribution is 9.10. The average Bonchev–Trinajstić information content (AvgIpc) is 3.09. The maximum absolute atomic E-state index is 13.2. The fourth-order valence-electron chi connectivity index (χ4n) is 3.44. The SMILES string of the molecule is Cc1cc(NC(=O)CN2CCN(c3ccc(Br)cn3)CC2)n(-c2ccc(F)cc2)n1. The minimum Gasteiger partial charge on any atom is -0.354 e. The van der Waals surface area contributed by atoms with Crippen molar-refractivity contribution < 1.29 is 9.18 Å². The summed E-state index contributed by atoms with van der Waals surface area (Å²) in [6.45, 7) is 5.34. The summed E-state index contributed by atoms with van der Waals surface area (Å²) in [5, 5.41) is 7.34. The molecule has 9 heteroatoms. The number of carbonyl (C=O) groups is 1. The van der Waals surface area contributed by atoms with Crippen molar-refractivity contribution in [3.63, 3.8) is 0 Å². The molecule has 1 aliphatic heterocycles. The number of carbonyl (C=O) groups excluding carboxylic acids is 1. The van der Waals surface area contributed by atoms with Gasteiger partial charge in [-0.1, -0.05) is 0 Å². The van der Waals surface area contributed by atoms with Gasteiger partial charge < -0.3 is 10.2 Å². The molecule has 0 unspecified atom stereocenters. The Hall–Kier alpha value is -2.78. The van der Waals surface area contributed by atoms with Gasteiger partial charge in [0.05, 0.1) is 17.9 Å². The third kappa shape index (κ3) is 4.85. The van der Waals surface area contributed by atoms with Gasteiger partial charge in [0.25, 0.3) is 0 Å². The number of hydrogen-bond donors (Lipinski definition) is 1.